The number of fused-ring (bicyclic) bond motifs is 1. The standard InChI is InChI=1S/C17H21F2N3O2/c1-9(2)14(16(23)24-17(3,4)5)22-15-10-6-11(18)12(19)7-13(10)20-8-21-15/h6-9,14H,1-5H3,(H,20,21,22)/t14-/m0/s1. The van der Waals surface area contributed by atoms with E-state index >= 15 is 0 Å². The largest absolute Gasteiger partial charge is 0.458 e. The zero-order valence-electron chi connectivity index (χ0n) is 14.4. The molecule has 0 saturated carbocycles. The van der Waals surface area contributed by atoms with Gasteiger partial charge < -0.3 is 10.1 Å². The van der Waals surface area contributed by atoms with Gasteiger partial charge in [-0.3, -0.25) is 0 Å². The van der Waals surface area contributed by atoms with Crippen LogP contribution in [-0.2, 0) is 9.53 Å². The number of nitrogens with one attached hydrogen (secondary N) is 1. The third kappa shape index (κ3) is 4.15. The van der Waals surface area contributed by atoms with E-state index in [0.717, 1.165) is 12.1 Å². The van der Waals surface area contributed by atoms with Crippen LogP contribution in [0.3, 0.4) is 0 Å². The molecule has 1 aromatic carbocycles. The number of ether oxygens (including phenoxy) is 1. The molecule has 1 N–H and O–H groups in total. The lowest BCUT2D eigenvalue weighted by molar-refractivity contribution is -0.156. The molecule has 0 fully saturated rings. The Bertz CT molecular complexity index is 757. The van der Waals surface area contributed by atoms with Gasteiger partial charge in [0.05, 0.1) is 5.52 Å². The maximum absolute atomic E-state index is 13.6. The Labute approximate surface area is 139 Å². The van der Waals surface area contributed by atoms with Crippen molar-refractivity contribution in [3.63, 3.8) is 0 Å². The van der Waals surface area contributed by atoms with E-state index in [1.807, 2.05) is 13.8 Å². The monoisotopic (exact) mass is 337 g/mol. The average molecular weight is 337 g/mol. The zero-order chi connectivity index (χ0) is 18.1. The Kier molecular flexibility index (Phi) is 5.01. The van der Waals surface area contributed by atoms with Gasteiger partial charge in [0, 0.05) is 11.5 Å². The number of hydrogen-bond donors (Lipinski definition) is 1. The van der Waals surface area contributed by atoms with Crippen LogP contribution in [0.1, 0.15) is 34.6 Å². The van der Waals surface area contributed by atoms with Crippen LogP contribution in [0.5, 0.6) is 0 Å². The molecule has 2 aromatic rings. The summed E-state index contributed by atoms with van der Waals surface area (Å²) in [6.07, 6.45) is 1.23. The summed E-state index contributed by atoms with van der Waals surface area (Å²) in [7, 11) is 0. The molecule has 0 spiro atoms. The van der Waals surface area contributed by atoms with Crippen molar-refractivity contribution >= 4 is 22.7 Å². The van der Waals surface area contributed by atoms with E-state index < -0.39 is 29.2 Å². The van der Waals surface area contributed by atoms with Gasteiger partial charge in [-0.2, -0.15) is 0 Å². The highest BCUT2D eigenvalue weighted by Crippen LogP contribution is 2.24. The molecule has 0 unspecified atom stereocenters. The van der Waals surface area contributed by atoms with Crippen LogP contribution < -0.4 is 5.32 Å². The van der Waals surface area contributed by atoms with Crippen LogP contribution in [-0.4, -0.2) is 27.6 Å². The van der Waals surface area contributed by atoms with Gasteiger partial charge in [0.25, 0.3) is 0 Å². The fourth-order valence-corrected chi connectivity index (χ4v) is 2.18. The molecule has 24 heavy (non-hydrogen) atoms. The molecule has 0 radical (unpaired) electrons. The molecule has 0 bridgehead atoms. The van der Waals surface area contributed by atoms with Crippen molar-refractivity contribution in [3.8, 4) is 0 Å². The first kappa shape index (κ1) is 18.0. The second-order valence-corrected chi connectivity index (χ2v) is 6.91. The van der Waals surface area contributed by atoms with Crippen molar-refractivity contribution in [3.05, 3.63) is 30.1 Å². The van der Waals surface area contributed by atoms with Crippen LogP contribution in [0.2, 0.25) is 0 Å². The molecule has 0 aliphatic carbocycles. The molecule has 1 aromatic heterocycles. The summed E-state index contributed by atoms with van der Waals surface area (Å²) in [5.41, 5.74) is -0.382. The number of carbonyl (C=O) groups excluding carboxylic acids is 1. The van der Waals surface area contributed by atoms with E-state index in [0.29, 0.717) is 5.39 Å². The van der Waals surface area contributed by atoms with E-state index in [1.165, 1.54) is 6.33 Å². The van der Waals surface area contributed by atoms with Crippen molar-refractivity contribution in [2.24, 2.45) is 5.92 Å². The SMILES string of the molecule is CC(C)[C@H](Nc1ncnc2cc(F)c(F)cc12)C(=O)OC(C)(C)C. The van der Waals surface area contributed by atoms with Gasteiger partial charge in [-0.25, -0.2) is 23.5 Å². The third-order valence-electron chi connectivity index (χ3n) is 3.30. The Morgan fingerprint density at radius 1 is 1.17 bits per heavy atom. The van der Waals surface area contributed by atoms with Crippen molar-refractivity contribution in [1.82, 2.24) is 9.97 Å². The topological polar surface area (TPSA) is 64.1 Å². The van der Waals surface area contributed by atoms with Crippen molar-refractivity contribution in [1.29, 1.82) is 0 Å². The van der Waals surface area contributed by atoms with Crippen molar-refractivity contribution in [2.75, 3.05) is 5.32 Å². The first-order valence-electron chi connectivity index (χ1n) is 7.67. The molecule has 0 saturated heterocycles. The predicted octanol–water partition coefficient (Wildman–Crippen LogP) is 3.69. The van der Waals surface area contributed by atoms with Crippen LogP contribution in [0.4, 0.5) is 14.6 Å². The summed E-state index contributed by atoms with van der Waals surface area (Å²) in [5.74, 6) is -2.27. The van der Waals surface area contributed by atoms with Crippen LogP contribution in [0, 0.1) is 17.6 Å². The number of nitrogens with zero attached hydrogens (tertiary/aromatic N) is 2. The summed E-state index contributed by atoms with van der Waals surface area (Å²) in [6, 6.07) is 1.32. The number of anilines is 1. The Morgan fingerprint density at radius 3 is 2.38 bits per heavy atom. The summed E-state index contributed by atoms with van der Waals surface area (Å²) in [6.45, 7) is 9.04. The molecule has 1 heterocycles. The van der Waals surface area contributed by atoms with Crippen molar-refractivity contribution in [2.45, 2.75) is 46.3 Å². The summed E-state index contributed by atoms with van der Waals surface area (Å²) >= 11 is 0. The minimum atomic E-state index is -1.00. The fourth-order valence-electron chi connectivity index (χ4n) is 2.18. The third-order valence-corrected chi connectivity index (χ3v) is 3.30. The molecule has 1 atom stereocenters. The highest BCUT2D eigenvalue weighted by atomic mass is 19.2. The maximum atomic E-state index is 13.6. The molecule has 0 aliphatic heterocycles. The molecular weight excluding hydrogens is 316 g/mol. The Hall–Kier alpha value is -2.31. The predicted molar refractivity (Wildman–Crippen MR) is 87.5 cm³/mol. The number of rotatable bonds is 4. The normalized spacial score (nSPS) is 13.2. The molecule has 0 aliphatic rings. The van der Waals surface area contributed by atoms with Gasteiger partial charge in [0.15, 0.2) is 11.6 Å². The van der Waals surface area contributed by atoms with Gasteiger partial charge in [-0.1, -0.05) is 13.8 Å². The minimum Gasteiger partial charge on any atom is -0.458 e. The first-order valence-corrected chi connectivity index (χ1v) is 7.67. The van der Waals surface area contributed by atoms with E-state index in [1.54, 1.807) is 20.8 Å². The highest BCUT2D eigenvalue weighted by molar-refractivity contribution is 5.91. The van der Waals surface area contributed by atoms with Crippen LogP contribution >= 0.6 is 0 Å². The second-order valence-electron chi connectivity index (χ2n) is 6.91. The molecule has 5 nitrogen and oxygen atoms in total. The molecule has 2 rings (SSSR count). The maximum Gasteiger partial charge on any atom is 0.329 e. The van der Waals surface area contributed by atoms with E-state index in [9.17, 15) is 13.6 Å². The smallest absolute Gasteiger partial charge is 0.329 e. The summed E-state index contributed by atoms with van der Waals surface area (Å²) in [4.78, 5) is 20.4. The number of hydrogen-bond acceptors (Lipinski definition) is 5. The average Bonchev–Trinajstić information content (AvgIpc) is 2.44. The number of halogens is 2. The van der Waals surface area contributed by atoms with E-state index in [2.05, 4.69) is 15.3 Å². The van der Waals surface area contributed by atoms with Gasteiger partial charge in [-0.05, 0) is 32.8 Å². The van der Waals surface area contributed by atoms with E-state index in [4.69, 9.17) is 4.74 Å². The Balaban J connectivity index is 2.38. The fraction of sp³-hybridized carbons (Fsp3) is 0.471. The minimum absolute atomic E-state index is 0.102. The number of aromatic nitrogens is 2. The van der Waals surface area contributed by atoms with Crippen LogP contribution in [0.25, 0.3) is 10.9 Å². The van der Waals surface area contributed by atoms with Crippen LogP contribution in [0.15, 0.2) is 18.5 Å². The highest BCUT2D eigenvalue weighted by Gasteiger charge is 2.28. The summed E-state index contributed by atoms with van der Waals surface area (Å²) < 4.78 is 32.3. The number of esters is 1. The molecule has 7 heteroatoms. The van der Waals surface area contributed by atoms with Gasteiger partial charge in [-0.15, -0.1) is 0 Å². The van der Waals surface area contributed by atoms with E-state index in [-0.39, 0.29) is 17.3 Å². The molecule has 130 valence electrons. The quantitative estimate of drug-likeness (QED) is 0.862. The number of benzene rings is 1. The lowest BCUT2D eigenvalue weighted by Crippen LogP contribution is -2.40. The second kappa shape index (κ2) is 6.67. The van der Waals surface area contributed by atoms with Gasteiger partial charge >= 0.3 is 5.97 Å². The Morgan fingerprint density at radius 2 is 1.79 bits per heavy atom. The molecule has 0 amide bonds. The zero-order valence-corrected chi connectivity index (χ0v) is 14.4. The molecular formula is C17H21F2N3O2. The van der Waals surface area contributed by atoms with Crippen molar-refractivity contribution < 1.29 is 18.3 Å². The number of carbonyl (C=O) groups is 1. The first-order chi connectivity index (χ1) is 11.1. The van der Waals surface area contributed by atoms with Gasteiger partial charge in [0.1, 0.15) is 23.8 Å². The summed E-state index contributed by atoms with van der Waals surface area (Å²) in [5, 5.41) is 3.27. The lowest BCUT2D eigenvalue weighted by atomic mass is 10.0. The lowest BCUT2D eigenvalue weighted by Gasteiger charge is -2.27. The van der Waals surface area contributed by atoms with Gasteiger partial charge in [0.2, 0.25) is 0 Å².